The summed E-state index contributed by atoms with van der Waals surface area (Å²) in [6.45, 7) is 2.11. The number of hydrogen-bond donors (Lipinski definition) is 2. The Balaban J connectivity index is 2.37. The highest BCUT2D eigenvalue weighted by Crippen LogP contribution is 2.33. The number of amides is 1. The second kappa shape index (κ2) is 3.59. The monoisotopic (exact) mass is 223 g/mol. The van der Waals surface area contributed by atoms with Gasteiger partial charge < -0.3 is 19.9 Å². The predicted molar refractivity (Wildman–Crippen MR) is 56.5 cm³/mol. The number of phenolic OH excluding ortho intramolecular Hbond substituents is 1. The summed E-state index contributed by atoms with van der Waals surface area (Å²) < 4.78 is 9.89. The standard InChI is InChI=1S/C11H13NO4/c1-11(6-16-10(14)12-11)7-3-4-8(13)9(5-7)15-2/h3-5,13H,6H2,1-2H3,(H,12,14). The summed E-state index contributed by atoms with van der Waals surface area (Å²) in [6, 6.07) is 4.95. The lowest BCUT2D eigenvalue weighted by molar-refractivity contribution is 0.173. The molecule has 1 unspecified atom stereocenters. The third-order valence-corrected chi connectivity index (χ3v) is 2.69. The van der Waals surface area contributed by atoms with E-state index in [-0.39, 0.29) is 12.4 Å². The van der Waals surface area contributed by atoms with Crippen LogP contribution in [-0.4, -0.2) is 24.9 Å². The van der Waals surface area contributed by atoms with Crippen LogP contribution in [0, 0.1) is 0 Å². The van der Waals surface area contributed by atoms with E-state index in [0.29, 0.717) is 5.75 Å². The molecule has 1 heterocycles. The molecule has 1 fully saturated rings. The van der Waals surface area contributed by atoms with Gasteiger partial charge >= 0.3 is 6.09 Å². The zero-order valence-electron chi connectivity index (χ0n) is 9.11. The van der Waals surface area contributed by atoms with E-state index in [1.807, 2.05) is 6.92 Å². The molecule has 1 atom stereocenters. The van der Waals surface area contributed by atoms with Gasteiger partial charge in [-0.05, 0) is 24.6 Å². The van der Waals surface area contributed by atoms with Crippen LogP contribution in [0.1, 0.15) is 12.5 Å². The minimum atomic E-state index is -0.571. The summed E-state index contributed by atoms with van der Waals surface area (Å²) in [4.78, 5) is 11.0. The van der Waals surface area contributed by atoms with Crippen LogP contribution >= 0.6 is 0 Å². The zero-order valence-corrected chi connectivity index (χ0v) is 9.11. The number of nitrogens with one attached hydrogen (secondary N) is 1. The highest BCUT2D eigenvalue weighted by Gasteiger charge is 2.36. The first-order chi connectivity index (χ1) is 7.55. The quantitative estimate of drug-likeness (QED) is 0.794. The molecule has 1 aromatic carbocycles. The molecule has 0 radical (unpaired) electrons. The summed E-state index contributed by atoms with van der Waals surface area (Å²) in [6.07, 6.45) is -0.436. The van der Waals surface area contributed by atoms with Crippen molar-refractivity contribution >= 4 is 6.09 Å². The lowest BCUT2D eigenvalue weighted by Crippen LogP contribution is -2.37. The number of hydrogen-bond acceptors (Lipinski definition) is 4. The van der Waals surface area contributed by atoms with Gasteiger partial charge in [-0.2, -0.15) is 0 Å². The van der Waals surface area contributed by atoms with Crippen LogP contribution in [0.4, 0.5) is 4.79 Å². The van der Waals surface area contributed by atoms with Crippen LogP contribution in [0.5, 0.6) is 11.5 Å². The summed E-state index contributed by atoms with van der Waals surface area (Å²) in [5.41, 5.74) is 0.255. The molecule has 2 N–H and O–H groups in total. The Morgan fingerprint density at radius 1 is 1.56 bits per heavy atom. The van der Waals surface area contributed by atoms with Crippen LogP contribution in [0.2, 0.25) is 0 Å². The number of alkyl carbamates (subject to hydrolysis) is 1. The molecule has 16 heavy (non-hydrogen) atoms. The smallest absolute Gasteiger partial charge is 0.408 e. The lowest BCUT2D eigenvalue weighted by atomic mass is 9.93. The second-order valence-corrected chi connectivity index (χ2v) is 3.92. The van der Waals surface area contributed by atoms with E-state index >= 15 is 0 Å². The van der Waals surface area contributed by atoms with Gasteiger partial charge in [-0.25, -0.2) is 4.79 Å². The molecule has 1 amide bonds. The molecular weight excluding hydrogens is 210 g/mol. The number of benzene rings is 1. The first-order valence-electron chi connectivity index (χ1n) is 4.87. The van der Waals surface area contributed by atoms with Crippen molar-refractivity contribution in [2.45, 2.75) is 12.5 Å². The molecule has 0 saturated carbocycles. The van der Waals surface area contributed by atoms with Crippen LogP contribution < -0.4 is 10.1 Å². The van der Waals surface area contributed by atoms with Gasteiger partial charge in [0.15, 0.2) is 11.5 Å². The molecule has 0 aliphatic carbocycles. The number of cyclic esters (lactones) is 1. The van der Waals surface area contributed by atoms with Gasteiger partial charge in [-0.3, -0.25) is 0 Å². The molecule has 86 valence electrons. The molecule has 1 aliphatic heterocycles. The third-order valence-electron chi connectivity index (χ3n) is 2.69. The van der Waals surface area contributed by atoms with E-state index in [1.165, 1.54) is 13.2 Å². The Labute approximate surface area is 93.0 Å². The van der Waals surface area contributed by atoms with Crippen molar-refractivity contribution in [3.05, 3.63) is 23.8 Å². The largest absolute Gasteiger partial charge is 0.504 e. The number of methoxy groups -OCH3 is 1. The van der Waals surface area contributed by atoms with Crippen LogP contribution in [0.15, 0.2) is 18.2 Å². The second-order valence-electron chi connectivity index (χ2n) is 3.92. The van der Waals surface area contributed by atoms with Crippen molar-refractivity contribution in [3.63, 3.8) is 0 Å². The fourth-order valence-corrected chi connectivity index (χ4v) is 1.68. The molecule has 2 rings (SSSR count). The van der Waals surface area contributed by atoms with Crippen molar-refractivity contribution in [2.75, 3.05) is 13.7 Å². The molecule has 1 aromatic rings. The van der Waals surface area contributed by atoms with Gasteiger partial charge in [0.2, 0.25) is 0 Å². The number of carbonyl (C=O) groups is 1. The highest BCUT2D eigenvalue weighted by atomic mass is 16.6. The Morgan fingerprint density at radius 2 is 2.31 bits per heavy atom. The van der Waals surface area contributed by atoms with E-state index in [9.17, 15) is 9.90 Å². The maximum absolute atomic E-state index is 11.0. The van der Waals surface area contributed by atoms with Crippen molar-refractivity contribution in [3.8, 4) is 11.5 Å². The van der Waals surface area contributed by atoms with Crippen molar-refractivity contribution in [1.29, 1.82) is 0 Å². The highest BCUT2D eigenvalue weighted by molar-refractivity contribution is 5.71. The van der Waals surface area contributed by atoms with E-state index in [1.54, 1.807) is 12.1 Å². The number of ether oxygens (including phenoxy) is 2. The molecule has 0 bridgehead atoms. The fraction of sp³-hybridized carbons (Fsp3) is 0.364. The van der Waals surface area contributed by atoms with Gasteiger partial charge in [-0.15, -0.1) is 0 Å². The molecule has 0 aromatic heterocycles. The topological polar surface area (TPSA) is 67.8 Å². The molecule has 5 heteroatoms. The zero-order chi connectivity index (χ0) is 11.8. The minimum Gasteiger partial charge on any atom is -0.504 e. The Bertz CT molecular complexity index is 432. The number of aromatic hydroxyl groups is 1. The van der Waals surface area contributed by atoms with Gasteiger partial charge in [0.25, 0.3) is 0 Å². The fourth-order valence-electron chi connectivity index (χ4n) is 1.68. The summed E-state index contributed by atoms with van der Waals surface area (Å²) >= 11 is 0. The van der Waals surface area contributed by atoms with Crippen LogP contribution in [0.3, 0.4) is 0 Å². The van der Waals surface area contributed by atoms with Crippen molar-refractivity contribution in [2.24, 2.45) is 0 Å². The number of rotatable bonds is 2. The van der Waals surface area contributed by atoms with Gasteiger partial charge in [0.05, 0.1) is 12.6 Å². The first kappa shape index (κ1) is 10.6. The summed E-state index contributed by atoms with van der Waals surface area (Å²) in [5, 5.41) is 12.2. The maximum Gasteiger partial charge on any atom is 0.408 e. The van der Waals surface area contributed by atoms with Gasteiger partial charge in [0.1, 0.15) is 6.61 Å². The molecule has 1 saturated heterocycles. The van der Waals surface area contributed by atoms with Crippen molar-refractivity contribution in [1.82, 2.24) is 5.32 Å². The maximum atomic E-state index is 11.0. The average molecular weight is 223 g/mol. The van der Waals surface area contributed by atoms with Crippen molar-refractivity contribution < 1.29 is 19.4 Å². The van der Waals surface area contributed by atoms with E-state index in [4.69, 9.17) is 9.47 Å². The normalized spacial score (nSPS) is 23.8. The Kier molecular flexibility index (Phi) is 2.38. The minimum absolute atomic E-state index is 0.0695. The Morgan fingerprint density at radius 3 is 2.88 bits per heavy atom. The lowest BCUT2D eigenvalue weighted by Gasteiger charge is -2.22. The SMILES string of the molecule is COc1cc(C2(C)COC(=O)N2)ccc1O. The van der Waals surface area contributed by atoms with E-state index in [2.05, 4.69) is 5.32 Å². The van der Waals surface area contributed by atoms with E-state index in [0.717, 1.165) is 5.56 Å². The third kappa shape index (κ3) is 1.64. The molecule has 0 spiro atoms. The molecule has 1 aliphatic rings. The number of phenols is 1. The predicted octanol–water partition coefficient (Wildman–Crippen LogP) is 1.36. The van der Waals surface area contributed by atoms with Gasteiger partial charge in [0, 0.05) is 0 Å². The van der Waals surface area contributed by atoms with Gasteiger partial charge in [-0.1, -0.05) is 6.07 Å². The van der Waals surface area contributed by atoms with E-state index < -0.39 is 11.6 Å². The summed E-state index contributed by atoms with van der Waals surface area (Å²) in [5.74, 6) is 0.444. The molecule has 5 nitrogen and oxygen atoms in total. The Hall–Kier alpha value is -1.91. The first-order valence-corrected chi connectivity index (χ1v) is 4.87. The molecular formula is C11H13NO4. The van der Waals surface area contributed by atoms with Crippen LogP contribution in [-0.2, 0) is 10.3 Å². The summed E-state index contributed by atoms with van der Waals surface area (Å²) in [7, 11) is 1.48. The average Bonchev–Trinajstić information content (AvgIpc) is 2.60. The van der Waals surface area contributed by atoms with Crippen LogP contribution in [0.25, 0.3) is 0 Å². The number of carbonyl (C=O) groups excluding carboxylic acids is 1.